The van der Waals surface area contributed by atoms with Crippen molar-refractivity contribution in [3.8, 4) is 11.3 Å². The molecule has 0 radical (unpaired) electrons. The number of carbonyl (C=O) groups is 2. The van der Waals surface area contributed by atoms with Crippen LogP contribution in [0.5, 0.6) is 0 Å². The molecule has 1 amide bonds. The Kier molecular flexibility index (Phi) is 5.10. The zero-order valence-electron chi connectivity index (χ0n) is 17.8. The van der Waals surface area contributed by atoms with Crippen molar-refractivity contribution in [3.63, 3.8) is 0 Å². The summed E-state index contributed by atoms with van der Waals surface area (Å²) in [5, 5.41) is 3.01. The zero-order valence-corrected chi connectivity index (χ0v) is 17.8. The van der Waals surface area contributed by atoms with Crippen LogP contribution in [0.15, 0.2) is 40.9 Å². The molecule has 2 N–H and O–H groups in total. The molecule has 0 saturated heterocycles. The first-order valence-electron chi connectivity index (χ1n) is 10.4. The van der Waals surface area contributed by atoms with Gasteiger partial charge in [0.25, 0.3) is 5.91 Å². The third-order valence-corrected chi connectivity index (χ3v) is 5.71. The first-order chi connectivity index (χ1) is 14.3. The van der Waals surface area contributed by atoms with Gasteiger partial charge in [0.15, 0.2) is 11.5 Å². The van der Waals surface area contributed by atoms with Crippen molar-refractivity contribution in [1.29, 1.82) is 0 Å². The Hall–Kier alpha value is -3.15. The molecule has 0 spiro atoms. The molecule has 1 unspecified atom stereocenters. The zero-order chi connectivity index (χ0) is 21.5. The molecule has 0 aliphatic heterocycles. The van der Waals surface area contributed by atoms with Gasteiger partial charge in [-0.15, -0.1) is 0 Å². The Morgan fingerprint density at radius 1 is 1.27 bits per heavy atom. The minimum atomic E-state index is -0.322. The fourth-order valence-corrected chi connectivity index (χ4v) is 4.17. The second-order valence-electron chi connectivity index (χ2n) is 8.78. The summed E-state index contributed by atoms with van der Waals surface area (Å²) >= 11 is 0. The highest BCUT2D eigenvalue weighted by Crippen LogP contribution is 2.38. The summed E-state index contributed by atoms with van der Waals surface area (Å²) < 4.78 is 5.90. The van der Waals surface area contributed by atoms with Crippen molar-refractivity contribution < 1.29 is 14.0 Å². The van der Waals surface area contributed by atoms with Crippen molar-refractivity contribution in [2.45, 2.75) is 53.0 Å². The molecule has 4 rings (SSSR count). The number of benzene rings is 1. The van der Waals surface area contributed by atoms with E-state index in [1.165, 1.54) is 0 Å². The topological polar surface area (TPSA) is 88.0 Å². The molecule has 1 aliphatic rings. The fraction of sp³-hybridized carbons (Fsp3) is 0.375. The predicted octanol–water partition coefficient (Wildman–Crippen LogP) is 5.01. The quantitative estimate of drug-likeness (QED) is 0.624. The number of imidazole rings is 1. The fourth-order valence-electron chi connectivity index (χ4n) is 4.17. The molecule has 6 nitrogen and oxygen atoms in total. The number of fused-ring (bicyclic) bond motifs is 1. The number of carbonyl (C=O) groups excluding carboxylic acids is 2. The standard InChI is InChI=1S/C24H27N3O3/c1-5-16(22-25-13-17(26-22)15-9-7-6-8-10-15)27-23(29)21-14(2)20-18(28)11-24(3,4)12-19(20)30-21/h6-10,13,16H,5,11-12H2,1-4H3,(H,25,26)(H,27,29). The lowest BCUT2D eigenvalue weighted by molar-refractivity contribution is 0.0881. The molecule has 1 aromatic carbocycles. The highest BCUT2D eigenvalue weighted by Gasteiger charge is 2.37. The summed E-state index contributed by atoms with van der Waals surface area (Å²) in [5.74, 6) is 1.26. The normalized spacial score (nSPS) is 16.2. The van der Waals surface area contributed by atoms with E-state index in [2.05, 4.69) is 15.3 Å². The molecule has 6 heteroatoms. The summed E-state index contributed by atoms with van der Waals surface area (Å²) in [6, 6.07) is 9.63. The Labute approximate surface area is 176 Å². The van der Waals surface area contributed by atoms with E-state index in [4.69, 9.17) is 4.42 Å². The van der Waals surface area contributed by atoms with E-state index in [0.29, 0.717) is 42.0 Å². The molecule has 30 heavy (non-hydrogen) atoms. The van der Waals surface area contributed by atoms with Crippen LogP contribution in [0.2, 0.25) is 0 Å². The van der Waals surface area contributed by atoms with E-state index in [0.717, 1.165) is 11.3 Å². The number of aromatic amines is 1. The molecule has 1 atom stereocenters. The van der Waals surface area contributed by atoms with Gasteiger partial charge in [0.1, 0.15) is 11.6 Å². The van der Waals surface area contributed by atoms with Gasteiger partial charge in [0.2, 0.25) is 0 Å². The number of rotatable bonds is 5. The van der Waals surface area contributed by atoms with Crippen molar-refractivity contribution in [1.82, 2.24) is 15.3 Å². The molecule has 0 fully saturated rings. The molecule has 3 aromatic rings. The van der Waals surface area contributed by atoms with Gasteiger partial charge in [-0.25, -0.2) is 4.98 Å². The number of aromatic nitrogens is 2. The Morgan fingerprint density at radius 3 is 2.70 bits per heavy atom. The number of hydrogen-bond donors (Lipinski definition) is 2. The third-order valence-electron chi connectivity index (χ3n) is 5.71. The molecule has 1 aliphatic carbocycles. The predicted molar refractivity (Wildman–Crippen MR) is 114 cm³/mol. The van der Waals surface area contributed by atoms with Crippen LogP contribution in [0.25, 0.3) is 11.3 Å². The van der Waals surface area contributed by atoms with Crippen LogP contribution in [0.4, 0.5) is 0 Å². The largest absolute Gasteiger partial charge is 0.455 e. The lowest BCUT2D eigenvalue weighted by atomic mass is 9.76. The maximum absolute atomic E-state index is 13.0. The van der Waals surface area contributed by atoms with Gasteiger partial charge in [-0.05, 0) is 24.3 Å². The Balaban J connectivity index is 1.56. The second-order valence-corrected chi connectivity index (χ2v) is 8.78. The van der Waals surface area contributed by atoms with E-state index in [1.807, 2.05) is 51.1 Å². The molecule has 2 aromatic heterocycles. The first-order valence-corrected chi connectivity index (χ1v) is 10.4. The van der Waals surface area contributed by atoms with Crippen LogP contribution in [0.3, 0.4) is 0 Å². The SMILES string of the molecule is CCC(NC(=O)c1oc2c(c1C)C(=O)CC(C)(C)C2)c1ncc(-c2ccccc2)[nH]1. The van der Waals surface area contributed by atoms with Crippen LogP contribution in [0, 0.1) is 12.3 Å². The first kappa shape index (κ1) is 20.1. The molecule has 2 heterocycles. The minimum Gasteiger partial charge on any atom is -0.455 e. The van der Waals surface area contributed by atoms with Gasteiger partial charge in [0.05, 0.1) is 23.5 Å². The van der Waals surface area contributed by atoms with Gasteiger partial charge in [-0.1, -0.05) is 51.1 Å². The second kappa shape index (κ2) is 7.59. The smallest absolute Gasteiger partial charge is 0.287 e. The monoisotopic (exact) mass is 405 g/mol. The number of nitrogens with one attached hydrogen (secondary N) is 2. The van der Waals surface area contributed by atoms with Crippen molar-refractivity contribution in [3.05, 3.63) is 65.0 Å². The lowest BCUT2D eigenvalue weighted by Crippen LogP contribution is -2.29. The van der Waals surface area contributed by atoms with E-state index in [1.54, 1.807) is 13.1 Å². The Morgan fingerprint density at radius 2 is 2.00 bits per heavy atom. The third kappa shape index (κ3) is 3.70. The van der Waals surface area contributed by atoms with E-state index in [-0.39, 0.29) is 28.9 Å². The number of hydrogen-bond acceptors (Lipinski definition) is 4. The number of furan rings is 1. The maximum atomic E-state index is 13.0. The van der Waals surface area contributed by atoms with E-state index >= 15 is 0 Å². The number of amides is 1. The molecular formula is C24H27N3O3. The van der Waals surface area contributed by atoms with Crippen LogP contribution in [0.1, 0.15) is 77.7 Å². The van der Waals surface area contributed by atoms with Gasteiger partial charge < -0.3 is 14.7 Å². The average molecular weight is 405 g/mol. The van der Waals surface area contributed by atoms with E-state index in [9.17, 15) is 9.59 Å². The van der Waals surface area contributed by atoms with Crippen LogP contribution in [-0.4, -0.2) is 21.7 Å². The van der Waals surface area contributed by atoms with Crippen LogP contribution in [-0.2, 0) is 6.42 Å². The summed E-state index contributed by atoms with van der Waals surface area (Å²) in [6.07, 6.45) is 3.56. The van der Waals surface area contributed by atoms with Gasteiger partial charge in [-0.3, -0.25) is 9.59 Å². The molecule has 0 bridgehead atoms. The Bertz CT molecular complexity index is 1090. The summed E-state index contributed by atoms with van der Waals surface area (Å²) in [7, 11) is 0. The molecule has 0 saturated carbocycles. The number of nitrogens with zero attached hydrogens (tertiary/aromatic N) is 1. The highest BCUT2D eigenvalue weighted by atomic mass is 16.4. The van der Waals surface area contributed by atoms with Crippen molar-refractivity contribution >= 4 is 11.7 Å². The van der Waals surface area contributed by atoms with Crippen LogP contribution >= 0.6 is 0 Å². The van der Waals surface area contributed by atoms with Crippen molar-refractivity contribution in [2.75, 3.05) is 0 Å². The van der Waals surface area contributed by atoms with Gasteiger partial charge in [-0.2, -0.15) is 0 Å². The highest BCUT2D eigenvalue weighted by molar-refractivity contribution is 6.03. The number of H-pyrrole nitrogens is 1. The van der Waals surface area contributed by atoms with Crippen LogP contribution < -0.4 is 5.32 Å². The summed E-state index contributed by atoms with van der Waals surface area (Å²) in [6.45, 7) is 7.86. The number of ketones is 1. The molecule has 156 valence electrons. The van der Waals surface area contributed by atoms with Gasteiger partial charge >= 0.3 is 0 Å². The minimum absolute atomic E-state index is 0.0483. The van der Waals surface area contributed by atoms with Gasteiger partial charge in [0, 0.05) is 18.4 Å². The van der Waals surface area contributed by atoms with E-state index < -0.39 is 0 Å². The summed E-state index contributed by atoms with van der Waals surface area (Å²) in [5.41, 5.74) is 2.99. The lowest BCUT2D eigenvalue weighted by Gasteiger charge is -2.27. The summed E-state index contributed by atoms with van der Waals surface area (Å²) in [4.78, 5) is 33.4. The van der Waals surface area contributed by atoms with Crippen molar-refractivity contribution in [2.24, 2.45) is 5.41 Å². The number of Topliss-reactive ketones (excluding diaryl/α,β-unsaturated/α-hetero) is 1. The molecular weight excluding hydrogens is 378 g/mol. The average Bonchev–Trinajstić information content (AvgIpc) is 3.31. The maximum Gasteiger partial charge on any atom is 0.287 e.